The highest BCUT2D eigenvalue weighted by Gasteiger charge is 1.99. The molecule has 19 heavy (non-hydrogen) atoms. The second-order valence-corrected chi connectivity index (χ2v) is 5.51. The SMILES string of the molecule is CCNC(=NCc1ccc(Br)cc1)NCC(C)C.I. The van der Waals surface area contributed by atoms with Crippen molar-refractivity contribution in [3.63, 3.8) is 0 Å². The summed E-state index contributed by atoms with van der Waals surface area (Å²) in [6, 6.07) is 8.25. The molecule has 108 valence electrons. The number of halogens is 2. The van der Waals surface area contributed by atoms with Gasteiger partial charge in [-0.2, -0.15) is 0 Å². The number of hydrogen-bond donors (Lipinski definition) is 2. The first kappa shape index (κ1) is 18.7. The minimum Gasteiger partial charge on any atom is -0.357 e. The van der Waals surface area contributed by atoms with Crippen LogP contribution in [-0.2, 0) is 6.54 Å². The van der Waals surface area contributed by atoms with Crippen LogP contribution in [0.1, 0.15) is 26.3 Å². The van der Waals surface area contributed by atoms with Gasteiger partial charge in [0.05, 0.1) is 6.54 Å². The molecule has 3 nitrogen and oxygen atoms in total. The smallest absolute Gasteiger partial charge is 0.191 e. The van der Waals surface area contributed by atoms with Gasteiger partial charge in [-0.15, -0.1) is 24.0 Å². The van der Waals surface area contributed by atoms with E-state index in [1.807, 2.05) is 12.1 Å². The van der Waals surface area contributed by atoms with Crippen LogP contribution in [0.15, 0.2) is 33.7 Å². The van der Waals surface area contributed by atoms with Crippen molar-refractivity contribution in [1.82, 2.24) is 10.6 Å². The summed E-state index contributed by atoms with van der Waals surface area (Å²) in [4.78, 5) is 4.56. The lowest BCUT2D eigenvalue weighted by molar-refractivity contribution is 0.615. The first-order valence-electron chi connectivity index (χ1n) is 6.38. The molecule has 0 aliphatic carbocycles. The first-order chi connectivity index (χ1) is 8.61. The Bertz CT molecular complexity index is 377. The zero-order chi connectivity index (χ0) is 13.4. The Balaban J connectivity index is 0.00000324. The normalized spacial score (nSPS) is 11.1. The van der Waals surface area contributed by atoms with E-state index in [2.05, 4.69) is 64.5 Å². The highest BCUT2D eigenvalue weighted by Crippen LogP contribution is 2.10. The summed E-state index contributed by atoms with van der Waals surface area (Å²) in [6.07, 6.45) is 0. The van der Waals surface area contributed by atoms with Crippen LogP contribution >= 0.6 is 39.9 Å². The van der Waals surface area contributed by atoms with E-state index in [0.717, 1.165) is 23.5 Å². The van der Waals surface area contributed by atoms with Crippen molar-refractivity contribution in [2.45, 2.75) is 27.3 Å². The number of aliphatic imine (C=N–C) groups is 1. The minimum atomic E-state index is 0. The second kappa shape index (κ2) is 10.5. The van der Waals surface area contributed by atoms with Gasteiger partial charge in [-0.25, -0.2) is 4.99 Å². The first-order valence-corrected chi connectivity index (χ1v) is 7.17. The Kier molecular flexibility index (Phi) is 10.3. The molecule has 2 N–H and O–H groups in total. The van der Waals surface area contributed by atoms with E-state index in [0.29, 0.717) is 12.5 Å². The summed E-state index contributed by atoms with van der Waals surface area (Å²) in [5.74, 6) is 1.50. The topological polar surface area (TPSA) is 36.4 Å². The molecule has 0 heterocycles. The molecule has 0 aromatic heterocycles. The van der Waals surface area contributed by atoms with E-state index in [1.54, 1.807) is 0 Å². The highest BCUT2D eigenvalue weighted by molar-refractivity contribution is 14.0. The van der Waals surface area contributed by atoms with Crippen molar-refractivity contribution in [2.75, 3.05) is 13.1 Å². The third kappa shape index (κ3) is 8.47. The molecule has 0 aliphatic rings. The van der Waals surface area contributed by atoms with E-state index in [1.165, 1.54) is 5.56 Å². The number of guanidine groups is 1. The minimum absolute atomic E-state index is 0. The van der Waals surface area contributed by atoms with Crippen molar-refractivity contribution in [2.24, 2.45) is 10.9 Å². The van der Waals surface area contributed by atoms with Crippen LogP contribution in [0.4, 0.5) is 0 Å². The van der Waals surface area contributed by atoms with Gasteiger partial charge in [0.1, 0.15) is 0 Å². The van der Waals surface area contributed by atoms with Crippen molar-refractivity contribution >= 4 is 45.9 Å². The maximum atomic E-state index is 4.56. The molecule has 0 fully saturated rings. The highest BCUT2D eigenvalue weighted by atomic mass is 127. The molecule has 1 aromatic carbocycles. The molecule has 0 spiro atoms. The monoisotopic (exact) mass is 439 g/mol. The van der Waals surface area contributed by atoms with Crippen molar-refractivity contribution in [3.8, 4) is 0 Å². The van der Waals surface area contributed by atoms with Gasteiger partial charge in [-0.1, -0.05) is 41.9 Å². The lowest BCUT2D eigenvalue weighted by atomic mass is 10.2. The molecule has 0 saturated carbocycles. The lowest BCUT2D eigenvalue weighted by Gasteiger charge is -2.12. The second-order valence-electron chi connectivity index (χ2n) is 4.60. The van der Waals surface area contributed by atoms with Crippen LogP contribution in [0.3, 0.4) is 0 Å². The van der Waals surface area contributed by atoms with Gasteiger partial charge in [0, 0.05) is 17.6 Å². The van der Waals surface area contributed by atoms with Crippen LogP contribution in [-0.4, -0.2) is 19.0 Å². The molecule has 0 unspecified atom stereocenters. The van der Waals surface area contributed by atoms with Crippen molar-refractivity contribution < 1.29 is 0 Å². The lowest BCUT2D eigenvalue weighted by Crippen LogP contribution is -2.39. The van der Waals surface area contributed by atoms with Gasteiger partial charge >= 0.3 is 0 Å². The summed E-state index contributed by atoms with van der Waals surface area (Å²) >= 11 is 3.43. The summed E-state index contributed by atoms with van der Waals surface area (Å²) < 4.78 is 1.10. The molecule has 0 radical (unpaired) electrons. The predicted octanol–water partition coefficient (Wildman–Crippen LogP) is 3.78. The van der Waals surface area contributed by atoms with E-state index >= 15 is 0 Å². The summed E-state index contributed by atoms with van der Waals surface area (Å²) in [5.41, 5.74) is 1.21. The molecule has 0 bridgehead atoms. The number of benzene rings is 1. The van der Waals surface area contributed by atoms with Gasteiger partial charge < -0.3 is 10.6 Å². The van der Waals surface area contributed by atoms with Crippen LogP contribution in [0.2, 0.25) is 0 Å². The van der Waals surface area contributed by atoms with E-state index < -0.39 is 0 Å². The molecular weight excluding hydrogens is 417 g/mol. The Morgan fingerprint density at radius 1 is 1.21 bits per heavy atom. The molecular formula is C14H23BrIN3. The van der Waals surface area contributed by atoms with Gasteiger partial charge in [0.2, 0.25) is 0 Å². The van der Waals surface area contributed by atoms with E-state index in [9.17, 15) is 0 Å². The Hall–Kier alpha value is -0.300. The summed E-state index contributed by atoms with van der Waals surface area (Å²) in [5, 5.41) is 6.58. The average molecular weight is 440 g/mol. The molecule has 0 atom stereocenters. The summed E-state index contributed by atoms with van der Waals surface area (Å²) in [6.45, 7) is 8.96. The zero-order valence-corrected chi connectivity index (χ0v) is 15.7. The van der Waals surface area contributed by atoms with Crippen molar-refractivity contribution in [1.29, 1.82) is 0 Å². The fourth-order valence-corrected chi connectivity index (χ4v) is 1.67. The maximum Gasteiger partial charge on any atom is 0.191 e. The molecule has 0 saturated heterocycles. The number of rotatable bonds is 5. The van der Waals surface area contributed by atoms with E-state index in [4.69, 9.17) is 0 Å². The average Bonchev–Trinajstić information content (AvgIpc) is 2.34. The molecule has 5 heteroatoms. The Labute approximate surface area is 141 Å². The van der Waals surface area contributed by atoms with Crippen LogP contribution < -0.4 is 10.6 Å². The standard InChI is InChI=1S/C14H22BrN3.HI/c1-4-16-14(17-9-11(2)3)18-10-12-5-7-13(15)8-6-12;/h5-8,11H,4,9-10H2,1-3H3,(H2,16,17,18);1H. The van der Waals surface area contributed by atoms with E-state index in [-0.39, 0.29) is 24.0 Å². The summed E-state index contributed by atoms with van der Waals surface area (Å²) in [7, 11) is 0. The molecule has 0 aliphatic heterocycles. The van der Waals surface area contributed by atoms with Crippen LogP contribution in [0.5, 0.6) is 0 Å². The molecule has 0 amide bonds. The van der Waals surface area contributed by atoms with Crippen molar-refractivity contribution in [3.05, 3.63) is 34.3 Å². The largest absolute Gasteiger partial charge is 0.357 e. The molecule has 1 rings (SSSR count). The third-order valence-corrected chi connectivity index (χ3v) is 2.88. The number of hydrogen-bond acceptors (Lipinski definition) is 1. The predicted molar refractivity (Wildman–Crippen MR) is 97.2 cm³/mol. The fourth-order valence-electron chi connectivity index (χ4n) is 1.40. The quantitative estimate of drug-likeness (QED) is 0.416. The number of nitrogens with zero attached hydrogens (tertiary/aromatic N) is 1. The van der Waals surface area contributed by atoms with Gasteiger partial charge in [0.25, 0.3) is 0 Å². The molecule has 1 aromatic rings. The van der Waals surface area contributed by atoms with Gasteiger partial charge in [-0.3, -0.25) is 0 Å². The van der Waals surface area contributed by atoms with Crippen LogP contribution in [0.25, 0.3) is 0 Å². The Morgan fingerprint density at radius 3 is 2.37 bits per heavy atom. The maximum absolute atomic E-state index is 4.56. The van der Waals surface area contributed by atoms with Gasteiger partial charge in [0.15, 0.2) is 5.96 Å². The third-order valence-electron chi connectivity index (χ3n) is 2.35. The Morgan fingerprint density at radius 2 is 1.84 bits per heavy atom. The number of nitrogens with one attached hydrogen (secondary N) is 2. The fraction of sp³-hybridized carbons (Fsp3) is 0.500. The van der Waals surface area contributed by atoms with Gasteiger partial charge in [-0.05, 0) is 30.5 Å². The zero-order valence-electron chi connectivity index (χ0n) is 11.7. The van der Waals surface area contributed by atoms with Crippen LogP contribution in [0, 0.1) is 5.92 Å².